The van der Waals surface area contributed by atoms with Crippen molar-refractivity contribution in [3.8, 4) is 0 Å². The van der Waals surface area contributed by atoms with Crippen LogP contribution in [0.15, 0.2) is 79.0 Å². The van der Waals surface area contributed by atoms with E-state index in [4.69, 9.17) is 9.90 Å². The molecule has 2 heterocycles. The standard InChI is InChI=1S/C25H24N2O2S.C2HF3O2/c28-30(29,17-4-6-20-11-12-21-7-1-2-8-22(21)18-20)27-16-13-24-23(9-3-10-25(24)27)19-26-14-5-15-26;3-2(4,5)1(6)7/h1-4,6-13,16,18H,5,14-15,17,19H2;(H,6,7). The van der Waals surface area contributed by atoms with E-state index in [1.54, 1.807) is 12.3 Å². The second kappa shape index (κ2) is 10.8. The van der Waals surface area contributed by atoms with Gasteiger partial charge in [0.1, 0.15) is 0 Å². The number of hydrogen-bond acceptors (Lipinski definition) is 4. The Morgan fingerprint density at radius 2 is 1.68 bits per heavy atom. The van der Waals surface area contributed by atoms with E-state index in [1.165, 1.54) is 21.3 Å². The zero-order valence-corrected chi connectivity index (χ0v) is 20.5. The minimum atomic E-state index is -5.08. The van der Waals surface area contributed by atoms with Gasteiger partial charge in [0.15, 0.2) is 0 Å². The first-order valence-electron chi connectivity index (χ1n) is 11.5. The van der Waals surface area contributed by atoms with E-state index in [0.717, 1.165) is 41.5 Å². The van der Waals surface area contributed by atoms with Gasteiger partial charge < -0.3 is 5.11 Å². The molecule has 10 heteroatoms. The SMILES string of the molecule is O=C(O)C(F)(F)F.O=S(=O)(CC=Cc1ccc2ccccc2c1)n1ccc2c(CN3CCC3)cccc21. The molecule has 1 aromatic heterocycles. The van der Waals surface area contributed by atoms with Gasteiger partial charge in [0, 0.05) is 18.1 Å². The molecule has 0 amide bonds. The molecule has 5 rings (SSSR count). The van der Waals surface area contributed by atoms with E-state index >= 15 is 0 Å². The van der Waals surface area contributed by atoms with Gasteiger partial charge in [0.2, 0.25) is 10.0 Å². The average molecular weight is 531 g/mol. The third-order valence-corrected chi connectivity index (χ3v) is 7.59. The van der Waals surface area contributed by atoms with Crippen molar-refractivity contribution in [2.24, 2.45) is 0 Å². The minimum absolute atomic E-state index is 0.0417. The Morgan fingerprint density at radius 3 is 2.32 bits per heavy atom. The molecular formula is C27H25F3N2O4S. The lowest BCUT2D eigenvalue weighted by molar-refractivity contribution is -0.192. The molecule has 1 aliphatic rings. The number of hydrogen-bond donors (Lipinski definition) is 1. The monoisotopic (exact) mass is 530 g/mol. The van der Waals surface area contributed by atoms with Crippen LogP contribution < -0.4 is 0 Å². The number of halogens is 3. The van der Waals surface area contributed by atoms with Gasteiger partial charge in [-0.25, -0.2) is 17.2 Å². The molecule has 0 unspecified atom stereocenters. The highest BCUT2D eigenvalue weighted by atomic mass is 32.2. The third kappa shape index (κ3) is 6.39. The highest BCUT2D eigenvalue weighted by Crippen LogP contribution is 2.25. The summed E-state index contributed by atoms with van der Waals surface area (Å²) in [5, 5.41) is 10.5. The largest absolute Gasteiger partial charge is 0.490 e. The van der Waals surface area contributed by atoms with Gasteiger partial charge >= 0.3 is 12.1 Å². The highest BCUT2D eigenvalue weighted by Gasteiger charge is 2.38. The maximum atomic E-state index is 13.0. The molecule has 1 N–H and O–H groups in total. The molecule has 0 atom stereocenters. The van der Waals surface area contributed by atoms with Gasteiger partial charge in [-0.05, 0) is 59.6 Å². The summed E-state index contributed by atoms with van der Waals surface area (Å²) in [6.45, 7) is 3.12. The van der Waals surface area contributed by atoms with Crippen LogP contribution in [0.2, 0.25) is 0 Å². The van der Waals surface area contributed by atoms with Crippen LogP contribution in [0.1, 0.15) is 17.5 Å². The van der Waals surface area contributed by atoms with E-state index in [2.05, 4.69) is 35.2 Å². The molecule has 1 fully saturated rings. The Kier molecular flexibility index (Phi) is 7.70. The van der Waals surface area contributed by atoms with E-state index in [9.17, 15) is 21.6 Å². The Balaban J connectivity index is 0.000000405. The summed E-state index contributed by atoms with van der Waals surface area (Å²) in [7, 11) is -3.48. The quantitative estimate of drug-likeness (QED) is 0.355. The second-order valence-corrected chi connectivity index (χ2v) is 10.6. The minimum Gasteiger partial charge on any atom is -0.475 e. The number of nitrogens with zero attached hydrogens (tertiary/aromatic N) is 2. The van der Waals surface area contributed by atoms with Crippen molar-refractivity contribution in [1.29, 1.82) is 0 Å². The fourth-order valence-electron chi connectivity index (χ4n) is 4.07. The lowest BCUT2D eigenvalue weighted by Crippen LogP contribution is -2.36. The lowest BCUT2D eigenvalue weighted by Gasteiger charge is -2.30. The number of likely N-dealkylation sites (tertiary alicyclic amines) is 1. The molecule has 0 saturated carbocycles. The van der Waals surface area contributed by atoms with Crippen molar-refractivity contribution in [2.45, 2.75) is 19.1 Å². The maximum Gasteiger partial charge on any atom is 0.490 e. The number of aliphatic carboxylic acids is 1. The summed E-state index contributed by atoms with van der Waals surface area (Å²) in [4.78, 5) is 11.3. The predicted molar refractivity (Wildman–Crippen MR) is 138 cm³/mol. The Labute approximate surface area is 212 Å². The first-order chi connectivity index (χ1) is 17.5. The molecule has 37 heavy (non-hydrogen) atoms. The normalized spacial score (nSPS) is 14.5. The molecule has 6 nitrogen and oxygen atoms in total. The van der Waals surface area contributed by atoms with Crippen LogP contribution >= 0.6 is 0 Å². The van der Waals surface area contributed by atoms with E-state index in [1.807, 2.05) is 42.5 Å². The van der Waals surface area contributed by atoms with Crippen LogP contribution in [0.4, 0.5) is 13.2 Å². The van der Waals surface area contributed by atoms with Crippen LogP contribution in [0.5, 0.6) is 0 Å². The fourth-order valence-corrected chi connectivity index (χ4v) is 5.27. The van der Waals surface area contributed by atoms with E-state index < -0.39 is 22.2 Å². The smallest absolute Gasteiger partial charge is 0.475 e. The molecule has 0 radical (unpaired) electrons. The van der Waals surface area contributed by atoms with Crippen molar-refractivity contribution in [1.82, 2.24) is 8.87 Å². The van der Waals surface area contributed by atoms with Crippen LogP contribution in [0, 0.1) is 0 Å². The molecular weight excluding hydrogens is 505 g/mol. The van der Waals surface area contributed by atoms with Gasteiger partial charge in [-0.15, -0.1) is 0 Å². The summed E-state index contributed by atoms with van der Waals surface area (Å²) >= 11 is 0. The number of carboxylic acids is 1. The van der Waals surface area contributed by atoms with Crippen LogP contribution in [0.25, 0.3) is 27.8 Å². The Hall–Kier alpha value is -3.63. The zero-order chi connectivity index (χ0) is 26.6. The van der Waals surface area contributed by atoms with Crippen molar-refractivity contribution in [3.63, 3.8) is 0 Å². The van der Waals surface area contributed by atoms with Gasteiger partial charge in [0.05, 0.1) is 11.3 Å². The maximum absolute atomic E-state index is 13.0. The van der Waals surface area contributed by atoms with Crippen molar-refractivity contribution in [2.75, 3.05) is 18.8 Å². The number of rotatable bonds is 6. The molecule has 0 aliphatic carbocycles. The molecule has 0 spiro atoms. The van der Waals surface area contributed by atoms with Crippen molar-refractivity contribution >= 4 is 43.7 Å². The number of alkyl halides is 3. The van der Waals surface area contributed by atoms with Gasteiger partial charge in [-0.1, -0.05) is 60.7 Å². The van der Waals surface area contributed by atoms with Gasteiger partial charge in [-0.2, -0.15) is 13.2 Å². The van der Waals surface area contributed by atoms with Crippen molar-refractivity contribution < 1.29 is 31.5 Å². The molecule has 194 valence electrons. The molecule has 0 bridgehead atoms. The first kappa shape index (κ1) is 26.4. The number of benzene rings is 3. The summed E-state index contributed by atoms with van der Waals surface area (Å²) in [5.41, 5.74) is 2.94. The van der Waals surface area contributed by atoms with Crippen molar-refractivity contribution in [3.05, 3.63) is 90.1 Å². The van der Waals surface area contributed by atoms with Crippen LogP contribution in [-0.4, -0.2) is 53.4 Å². The number of fused-ring (bicyclic) bond motifs is 2. The third-order valence-electron chi connectivity index (χ3n) is 6.06. The Bertz CT molecular complexity index is 1550. The molecule has 4 aromatic rings. The molecule has 1 saturated heterocycles. The van der Waals surface area contributed by atoms with E-state index in [-0.39, 0.29) is 5.75 Å². The highest BCUT2D eigenvalue weighted by molar-refractivity contribution is 7.90. The number of carboxylic acid groups (broad SMARTS) is 1. The first-order valence-corrected chi connectivity index (χ1v) is 13.2. The second-order valence-electron chi connectivity index (χ2n) is 8.68. The summed E-state index contributed by atoms with van der Waals surface area (Å²) < 4.78 is 59.2. The zero-order valence-electron chi connectivity index (χ0n) is 19.7. The predicted octanol–water partition coefficient (Wildman–Crippen LogP) is 5.52. The lowest BCUT2D eigenvalue weighted by atomic mass is 10.1. The fraction of sp³-hybridized carbons (Fsp3) is 0.222. The molecule has 1 aliphatic heterocycles. The Morgan fingerprint density at radius 1 is 0.973 bits per heavy atom. The van der Waals surface area contributed by atoms with Crippen LogP contribution in [0.3, 0.4) is 0 Å². The summed E-state index contributed by atoms with van der Waals surface area (Å²) in [5.74, 6) is -2.80. The van der Waals surface area contributed by atoms with Gasteiger partial charge in [-0.3, -0.25) is 4.90 Å². The summed E-state index contributed by atoms with van der Waals surface area (Å²) in [6.07, 6.45) is 1.46. The van der Waals surface area contributed by atoms with Crippen LogP contribution in [-0.2, 0) is 21.4 Å². The summed E-state index contributed by atoms with van der Waals surface area (Å²) in [6, 6.07) is 22.2. The topological polar surface area (TPSA) is 79.6 Å². The van der Waals surface area contributed by atoms with Gasteiger partial charge in [0.25, 0.3) is 0 Å². The number of carbonyl (C=O) groups is 1. The van der Waals surface area contributed by atoms with E-state index in [0.29, 0.717) is 0 Å². The number of aromatic nitrogens is 1. The molecule has 3 aromatic carbocycles. The average Bonchev–Trinajstić information content (AvgIpc) is 3.27.